The lowest BCUT2D eigenvalue weighted by Gasteiger charge is -2.21. The van der Waals surface area contributed by atoms with E-state index in [1.165, 1.54) is 11.3 Å². The smallest absolute Gasteiger partial charge is 0.339 e. The monoisotopic (exact) mass is 373 g/mol. The van der Waals surface area contributed by atoms with Crippen LogP contribution in [0.5, 0.6) is 5.75 Å². The van der Waals surface area contributed by atoms with E-state index in [1.54, 1.807) is 26.8 Å². The summed E-state index contributed by atoms with van der Waals surface area (Å²) in [7, 11) is 0. The van der Waals surface area contributed by atoms with E-state index in [-0.39, 0.29) is 6.61 Å². The van der Waals surface area contributed by atoms with Crippen LogP contribution in [0.25, 0.3) is 10.2 Å². The van der Waals surface area contributed by atoms with Gasteiger partial charge in [-0.05, 0) is 54.9 Å². The standard InChI is InChI=1S/C14H16BrNO4S/c1-14(2,3)20-12(18)10(17)7-19-8-4-5-9-11(6-8)21-13(15)16-9/h4-6,10,17H,7H2,1-3H3/t10-/m1/s1. The van der Waals surface area contributed by atoms with Crippen LogP contribution in [0.2, 0.25) is 0 Å². The molecule has 1 heterocycles. The Morgan fingerprint density at radius 3 is 2.86 bits per heavy atom. The third kappa shape index (κ3) is 4.66. The van der Waals surface area contributed by atoms with Crippen molar-refractivity contribution in [1.29, 1.82) is 0 Å². The first kappa shape index (κ1) is 16.2. The zero-order chi connectivity index (χ0) is 15.6. The molecule has 0 saturated carbocycles. The molecule has 1 aromatic carbocycles. The zero-order valence-electron chi connectivity index (χ0n) is 11.9. The fourth-order valence-corrected chi connectivity index (χ4v) is 3.01. The third-order valence-corrected chi connectivity index (χ3v) is 3.89. The van der Waals surface area contributed by atoms with Crippen molar-refractivity contribution in [3.05, 3.63) is 22.1 Å². The Morgan fingerprint density at radius 2 is 2.19 bits per heavy atom. The SMILES string of the molecule is CC(C)(C)OC(=O)[C@H](O)COc1ccc2nc(Br)sc2c1. The Balaban J connectivity index is 1.96. The summed E-state index contributed by atoms with van der Waals surface area (Å²) in [6.45, 7) is 5.08. The van der Waals surface area contributed by atoms with Gasteiger partial charge in [0.1, 0.15) is 18.0 Å². The molecule has 0 amide bonds. The van der Waals surface area contributed by atoms with Crippen molar-refractivity contribution < 1.29 is 19.4 Å². The van der Waals surface area contributed by atoms with Crippen molar-refractivity contribution in [3.8, 4) is 5.75 Å². The number of carbonyl (C=O) groups excluding carboxylic acids is 1. The molecule has 1 N–H and O–H groups in total. The molecule has 21 heavy (non-hydrogen) atoms. The van der Waals surface area contributed by atoms with Crippen LogP contribution in [0.1, 0.15) is 20.8 Å². The molecule has 0 aliphatic rings. The van der Waals surface area contributed by atoms with Gasteiger partial charge in [-0.1, -0.05) is 0 Å². The quantitative estimate of drug-likeness (QED) is 0.833. The van der Waals surface area contributed by atoms with Crippen molar-refractivity contribution in [3.63, 3.8) is 0 Å². The third-order valence-electron chi connectivity index (χ3n) is 2.42. The first-order valence-electron chi connectivity index (χ1n) is 6.34. The molecule has 2 aromatic rings. The lowest BCUT2D eigenvalue weighted by Crippen LogP contribution is -2.35. The number of benzene rings is 1. The van der Waals surface area contributed by atoms with Gasteiger partial charge in [0.25, 0.3) is 0 Å². The summed E-state index contributed by atoms with van der Waals surface area (Å²) in [6.07, 6.45) is -1.31. The minimum atomic E-state index is -1.31. The topological polar surface area (TPSA) is 68.7 Å². The second-order valence-electron chi connectivity index (χ2n) is 5.46. The molecule has 0 fully saturated rings. The maximum Gasteiger partial charge on any atom is 0.339 e. The van der Waals surface area contributed by atoms with Gasteiger partial charge in [0.15, 0.2) is 10.0 Å². The lowest BCUT2D eigenvalue weighted by atomic mass is 10.2. The molecule has 114 valence electrons. The van der Waals surface area contributed by atoms with Crippen LogP contribution in [0.3, 0.4) is 0 Å². The number of carbonyl (C=O) groups is 1. The number of aliphatic hydroxyl groups excluding tert-OH is 1. The highest BCUT2D eigenvalue weighted by Crippen LogP contribution is 2.29. The minimum Gasteiger partial charge on any atom is -0.490 e. The summed E-state index contributed by atoms with van der Waals surface area (Å²) in [6, 6.07) is 5.39. The lowest BCUT2D eigenvalue weighted by molar-refractivity contribution is -0.166. The Bertz CT molecular complexity index is 650. The first-order chi connectivity index (χ1) is 9.74. The second-order valence-corrected chi connectivity index (χ2v) is 7.76. The predicted molar refractivity (Wildman–Crippen MR) is 84.7 cm³/mol. The Morgan fingerprint density at radius 1 is 1.48 bits per heavy atom. The normalized spacial score (nSPS) is 13.2. The van der Waals surface area contributed by atoms with Gasteiger partial charge in [0.2, 0.25) is 0 Å². The number of nitrogens with zero attached hydrogens (tertiary/aromatic N) is 1. The molecule has 1 atom stereocenters. The number of ether oxygens (including phenoxy) is 2. The Hall–Kier alpha value is -1.18. The average molecular weight is 374 g/mol. The summed E-state index contributed by atoms with van der Waals surface area (Å²) in [5, 5.41) is 9.74. The van der Waals surface area contributed by atoms with Crippen LogP contribution in [0.15, 0.2) is 22.1 Å². The Kier molecular flexibility index (Phi) is 4.85. The fraction of sp³-hybridized carbons (Fsp3) is 0.429. The van der Waals surface area contributed by atoms with Crippen molar-refractivity contribution in [1.82, 2.24) is 4.98 Å². The van der Waals surface area contributed by atoms with E-state index in [9.17, 15) is 9.90 Å². The number of hydrogen-bond donors (Lipinski definition) is 1. The van der Waals surface area contributed by atoms with E-state index in [1.807, 2.05) is 12.1 Å². The van der Waals surface area contributed by atoms with Crippen molar-refractivity contribution in [2.75, 3.05) is 6.61 Å². The molecular formula is C14H16BrNO4S. The van der Waals surface area contributed by atoms with Gasteiger partial charge < -0.3 is 14.6 Å². The number of fused-ring (bicyclic) bond motifs is 1. The van der Waals surface area contributed by atoms with Gasteiger partial charge >= 0.3 is 5.97 Å². The number of rotatable bonds is 4. The van der Waals surface area contributed by atoms with Crippen LogP contribution in [-0.2, 0) is 9.53 Å². The molecule has 0 radical (unpaired) electrons. The van der Waals surface area contributed by atoms with E-state index in [0.29, 0.717) is 5.75 Å². The molecular weight excluding hydrogens is 358 g/mol. The Labute approximate surface area is 135 Å². The molecule has 0 aliphatic carbocycles. The molecule has 0 bridgehead atoms. The van der Waals surface area contributed by atoms with Crippen LogP contribution in [-0.4, -0.2) is 34.4 Å². The van der Waals surface area contributed by atoms with Crippen molar-refractivity contribution >= 4 is 43.5 Å². The second kappa shape index (κ2) is 6.29. The number of aromatic nitrogens is 1. The van der Waals surface area contributed by atoms with Crippen LogP contribution in [0, 0.1) is 0 Å². The molecule has 7 heteroatoms. The molecule has 1 aromatic heterocycles. The van der Waals surface area contributed by atoms with E-state index < -0.39 is 17.7 Å². The average Bonchev–Trinajstić information content (AvgIpc) is 2.73. The molecule has 0 aliphatic heterocycles. The fourth-order valence-electron chi connectivity index (χ4n) is 1.58. The van der Waals surface area contributed by atoms with Crippen LogP contribution in [0.4, 0.5) is 0 Å². The highest BCUT2D eigenvalue weighted by Gasteiger charge is 2.23. The number of halogens is 1. The highest BCUT2D eigenvalue weighted by molar-refractivity contribution is 9.11. The highest BCUT2D eigenvalue weighted by atomic mass is 79.9. The van der Waals surface area contributed by atoms with Crippen LogP contribution >= 0.6 is 27.3 Å². The van der Waals surface area contributed by atoms with Crippen molar-refractivity contribution in [2.45, 2.75) is 32.5 Å². The van der Waals surface area contributed by atoms with Gasteiger partial charge in [-0.3, -0.25) is 0 Å². The zero-order valence-corrected chi connectivity index (χ0v) is 14.3. The van der Waals surface area contributed by atoms with Gasteiger partial charge in [-0.25, -0.2) is 9.78 Å². The summed E-state index contributed by atoms with van der Waals surface area (Å²) in [5.74, 6) is -0.120. The number of thiazole rings is 1. The number of hydrogen-bond acceptors (Lipinski definition) is 6. The van der Waals surface area contributed by atoms with Gasteiger partial charge in [-0.15, -0.1) is 11.3 Å². The summed E-state index contributed by atoms with van der Waals surface area (Å²) in [5.41, 5.74) is 0.234. The molecule has 5 nitrogen and oxygen atoms in total. The van der Waals surface area contributed by atoms with Gasteiger partial charge in [0, 0.05) is 0 Å². The maximum absolute atomic E-state index is 11.6. The molecule has 0 spiro atoms. The molecule has 0 saturated heterocycles. The molecule has 2 rings (SSSR count). The minimum absolute atomic E-state index is 0.152. The van der Waals surface area contributed by atoms with E-state index >= 15 is 0 Å². The number of esters is 1. The number of aliphatic hydroxyl groups is 1. The van der Waals surface area contributed by atoms with Crippen molar-refractivity contribution in [2.24, 2.45) is 0 Å². The van der Waals surface area contributed by atoms with Gasteiger partial charge in [-0.2, -0.15) is 0 Å². The van der Waals surface area contributed by atoms with E-state index in [4.69, 9.17) is 9.47 Å². The van der Waals surface area contributed by atoms with Crippen LogP contribution < -0.4 is 4.74 Å². The summed E-state index contributed by atoms with van der Waals surface area (Å²) >= 11 is 4.81. The van der Waals surface area contributed by atoms with E-state index in [2.05, 4.69) is 20.9 Å². The van der Waals surface area contributed by atoms with E-state index in [0.717, 1.165) is 14.1 Å². The first-order valence-corrected chi connectivity index (χ1v) is 7.95. The largest absolute Gasteiger partial charge is 0.490 e. The van der Waals surface area contributed by atoms with Gasteiger partial charge in [0.05, 0.1) is 10.2 Å². The summed E-state index contributed by atoms with van der Waals surface area (Å²) in [4.78, 5) is 15.9. The summed E-state index contributed by atoms with van der Waals surface area (Å²) < 4.78 is 12.3. The predicted octanol–water partition coefficient (Wildman–Crippen LogP) is 3.14. The molecule has 0 unspecified atom stereocenters. The maximum atomic E-state index is 11.6.